The second-order valence-corrected chi connectivity index (χ2v) is 18.7. The zero-order valence-electron chi connectivity index (χ0n) is 33.7. The van der Waals surface area contributed by atoms with E-state index in [1.165, 1.54) is 27.6 Å². The van der Waals surface area contributed by atoms with Gasteiger partial charge in [0, 0.05) is 33.8 Å². The smallest absolute Gasteiger partial charge is 0.297 e. The zero-order valence-corrected chi connectivity index (χ0v) is 33.7. The lowest BCUT2D eigenvalue weighted by atomic mass is 9.35. The number of hydrogen-bond acceptors (Lipinski definition) is 5. The first-order valence-corrected chi connectivity index (χ1v) is 19.8. The second-order valence-electron chi connectivity index (χ2n) is 18.7. The second kappa shape index (κ2) is 11.8. The fraction of sp³-hybridized carbons (Fsp3) is 0.240. The van der Waals surface area contributed by atoms with Crippen molar-refractivity contribution in [1.82, 2.24) is 0 Å². The third-order valence-corrected chi connectivity index (χ3v) is 11.8. The molecule has 0 spiro atoms. The minimum absolute atomic E-state index is 0.0230. The Morgan fingerprint density at radius 1 is 0.482 bits per heavy atom. The number of benzene rings is 6. The average Bonchev–Trinajstić information content (AvgIpc) is 3.55. The Labute approximate surface area is 330 Å². The molecule has 3 aliphatic rings. The van der Waals surface area contributed by atoms with Crippen LogP contribution >= 0.6 is 0 Å². The monoisotopic (exact) mass is 734 g/mol. The zero-order chi connectivity index (χ0) is 38.9. The first kappa shape index (κ1) is 34.6. The molecule has 0 N–H and O–H groups in total. The van der Waals surface area contributed by atoms with Gasteiger partial charge in [-0.2, -0.15) is 0 Å². The maximum atomic E-state index is 7.29. The Morgan fingerprint density at radius 3 is 1.64 bits per heavy atom. The molecule has 3 aliphatic heterocycles. The van der Waals surface area contributed by atoms with Gasteiger partial charge in [0.1, 0.15) is 0 Å². The summed E-state index contributed by atoms with van der Waals surface area (Å²) in [5.41, 5.74) is 14.6. The van der Waals surface area contributed by atoms with Crippen molar-refractivity contribution in [1.29, 1.82) is 0 Å². The van der Waals surface area contributed by atoms with Gasteiger partial charge in [-0.25, -0.2) is 0 Å². The van der Waals surface area contributed by atoms with Crippen LogP contribution in [0.4, 0.5) is 34.1 Å². The molecule has 0 unspecified atom stereocenters. The molecule has 0 aliphatic carbocycles. The van der Waals surface area contributed by atoms with E-state index in [2.05, 4.69) is 163 Å². The van der Waals surface area contributed by atoms with Crippen LogP contribution in [0.3, 0.4) is 0 Å². The van der Waals surface area contributed by atoms with E-state index in [-0.39, 0.29) is 23.0 Å². The Morgan fingerprint density at radius 2 is 1.04 bits per heavy atom. The normalized spacial score (nSPS) is 14.3. The molecular weight excluding hydrogens is 687 g/mol. The standard InChI is InChI=1S/C50H47BN2O3/c1-48(2,3)30-17-22-33(23-18-30)52-37-27-21-32(50(7,8)9)29-36(37)51-43-38(52)13-12-14-39(43)53(34-24-19-31(20-25-34)49(4,5)6)44-35-26-28-42-46(45(35)56-47(44)51)55-41-16-11-10-15-40(41)54-42/h10-29H,1-9H3. The molecule has 1 aromatic heterocycles. The number of hydrogen-bond donors (Lipinski definition) is 0. The summed E-state index contributed by atoms with van der Waals surface area (Å²) in [6.07, 6.45) is 0. The molecule has 5 nitrogen and oxygen atoms in total. The molecule has 0 saturated heterocycles. The van der Waals surface area contributed by atoms with Crippen LogP contribution in [0.5, 0.6) is 23.0 Å². The van der Waals surface area contributed by atoms with Gasteiger partial charge in [-0.1, -0.05) is 117 Å². The topological polar surface area (TPSA) is 38.1 Å². The molecule has 278 valence electrons. The SMILES string of the molecule is CC(C)(C)c1ccc(N2c3ccc(C(C)(C)C)cc3B3c4oc5c6c(ccc5c4N(c4ccc(C(C)(C)C)cc4)c4cccc2c43)Oc2ccccc2O6)cc1. The van der Waals surface area contributed by atoms with E-state index in [1.54, 1.807) is 0 Å². The van der Waals surface area contributed by atoms with Crippen LogP contribution in [0.25, 0.3) is 11.0 Å². The first-order valence-electron chi connectivity index (χ1n) is 19.8. The van der Waals surface area contributed by atoms with Crippen molar-refractivity contribution in [2.75, 3.05) is 9.80 Å². The highest BCUT2D eigenvalue weighted by Crippen LogP contribution is 2.53. The Kier molecular flexibility index (Phi) is 7.30. The maximum absolute atomic E-state index is 7.29. The predicted molar refractivity (Wildman–Crippen MR) is 233 cm³/mol. The number of nitrogens with zero attached hydrogens (tertiary/aromatic N) is 2. The van der Waals surface area contributed by atoms with Gasteiger partial charge in [-0.05, 0) is 111 Å². The van der Waals surface area contributed by atoms with E-state index in [4.69, 9.17) is 13.9 Å². The number of anilines is 6. The van der Waals surface area contributed by atoms with Crippen molar-refractivity contribution in [3.63, 3.8) is 0 Å². The third-order valence-electron chi connectivity index (χ3n) is 11.8. The lowest BCUT2D eigenvalue weighted by Gasteiger charge is -2.43. The van der Waals surface area contributed by atoms with Crippen molar-refractivity contribution in [3.8, 4) is 23.0 Å². The van der Waals surface area contributed by atoms with Gasteiger partial charge in [0.25, 0.3) is 6.71 Å². The van der Waals surface area contributed by atoms with Crippen molar-refractivity contribution in [2.45, 2.75) is 78.6 Å². The van der Waals surface area contributed by atoms with Crippen molar-refractivity contribution >= 4 is 68.4 Å². The fourth-order valence-corrected chi connectivity index (χ4v) is 8.70. The number of para-hydroxylation sites is 2. The van der Waals surface area contributed by atoms with E-state index in [0.717, 1.165) is 45.2 Å². The summed E-state index contributed by atoms with van der Waals surface area (Å²) in [6.45, 7) is 20.3. The first-order chi connectivity index (χ1) is 26.7. The van der Waals surface area contributed by atoms with E-state index < -0.39 is 0 Å². The lowest BCUT2D eigenvalue weighted by molar-refractivity contribution is 0.358. The van der Waals surface area contributed by atoms with Crippen LogP contribution in [0.2, 0.25) is 0 Å². The van der Waals surface area contributed by atoms with Crippen LogP contribution in [0, 0.1) is 0 Å². The van der Waals surface area contributed by atoms with Crippen molar-refractivity contribution in [3.05, 3.63) is 138 Å². The highest BCUT2D eigenvalue weighted by molar-refractivity contribution is 7.00. The third kappa shape index (κ3) is 5.22. The molecule has 6 heteroatoms. The molecule has 4 heterocycles. The molecule has 6 aromatic carbocycles. The van der Waals surface area contributed by atoms with E-state index in [0.29, 0.717) is 28.6 Å². The molecule has 0 atom stereocenters. The Bertz CT molecular complexity index is 2710. The van der Waals surface area contributed by atoms with Gasteiger partial charge in [0.2, 0.25) is 5.75 Å². The summed E-state index contributed by atoms with van der Waals surface area (Å²) >= 11 is 0. The number of rotatable bonds is 2. The van der Waals surface area contributed by atoms with E-state index in [9.17, 15) is 0 Å². The van der Waals surface area contributed by atoms with Crippen molar-refractivity contribution in [2.24, 2.45) is 0 Å². The molecule has 0 bridgehead atoms. The lowest BCUT2D eigenvalue weighted by Crippen LogP contribution is -2.61. The highest BCUT2D eigenvalue weighted by Gasteiger charge is 2.47. The number of furan rings is 1. The molecule has 0 saturated carbocycles. The van der Waals surface area contributed by atoms with Gasteiger partial charge in [0.15, 0.2) is 22.8 Å². The Balaban J connectivity index is 1.27. The maximum Gasteiger partial charge on any atom is 0.297 e. The predicted octanol–water partition coefficient (Wildman–Crippen LogP) is 12.3. The van der Waals surface area contributed by atoms with Crippen LogP contribution in [0.1, 0.15) is 79.0 Å². The molecule has 56 heavy (non-hydrogen) atoms. The van der Waals surface area contributed by atoms with Gasteiger partial charge < -0.3 is 23.7 Å². The number of ether oxygens (including phenoxy) is 2. The summed E-state index contributed by atoms with van der Waals surface area (Å²) < 4.78 is 20.4. The Hall–Kier alpha value is -5.88. The molecule has 0 amide bonds. The summed E-state index contributed by atoms with van der Waals surface area (Å²) in [4.78, 5) is 4.86. The van der Waals surface area contributed by atoms with Crippen LogP contribution in [-0.2, 0) is 16.2 Å². The largest absolute Gasteiger partial charge is 0.464 e. The quantitative estimate of drug-likeness (QED) is 0.165. The summed E-state index contributed by atoms with van der Waals surface area (Å²) in [5.74, 6) is 2.61. The van der Waals surface area contributed by atoms with Crippen LogP contribution in [0.15, 0.2) is 126 Å². The molecule has 7 aromatic rings. The highest BCUT2D eigenvalue weighted by atomic mass is 16.6. The van der Waals surface area contributed by atoms with Gasteiger partial charge in [-0.3, -0.25) is 0 Å². The van der Waals surface area contributed by atoms with Gasteiger partial charge in [-0.15, -0.1) is 0 Å². The summed E-state index contributed by atoms with van der Waals surface area (Å²) in [5, 5.41) is 0.978. The summed E-state index contributed by atoms with van der Waals surface area (Å²) in [7, 11) is 0. The van der Waals surface area contributed by atoms with Gasteiger partial charge >= 0.3 is 0 Å². The molecular formula is C50H47BN2O3. The summed E-state index contributed by atoms with van der Waals surface area (Å²) in [6, 6.07) is 43.9. The van der Waals surface area contributed by atoms with Gasteiger partial charge in [0.05, 0.1) is 11.3 Å². The van der Waals surface area contributed by atoms with Crippen LogP contribution < -0.4 is 35.9 Å². The number of fused-ring (bicyclic) bond motifs is 9. The minimum atomic E-state index is -0.177. The molecule has 0 fully saturated rings. The average molecular weight is 735 g/mol. The van der Waals surface area contributed by atoms with Crippen LogP contribution in [-0.4, -0.2) is 6.71 Å². The van der Waals surface area contributed by atoms with E-state index in [1.807, 2.05) is 30.3 Å². The molecule has 0 radical (unpaired) electrons. The minimum Gasteiger partial charge on any atom is -0.464 e. The molecule has 10 rings (SSSR count). The fourth-order valence-electron chi connectivity index (χ4n) is 8.70. The van der Waals surface area contributed by atoms with Crippen molar-refractivity contribution < 1.29 is 13.9 Å². The van der Waals surface area contributed by atoms with E-state index >= 15 is 0 Å².